The Labute approximate surface area is 196 Å². The second kappa shape index (κ2) is 8.20. The van der Waals surface area contributed by atoms with E-state index in [0.717, 1.165) is 35.9 Å². The standard InChI is InChI=1S/C26H25F2N5O/c1-14-11-29-26-23(31-14)10-22(32-25(26)20-6-3-18(27)9-21(20)28)16-7-15(2)34-24(8-16)17-12-30-33(13-17)19-4-5-19/h3,6,9-13,15-16,19,24H,4-5,7-8H2,1-2H3/t15-,16-,24-/m0/s1. The summed E-state index contributed by atoms with van der Waals surface area (Å²) in [6, 6.07) is 6.00. The van der Waals surface area contributed by atoms with Crippen LogP contribution in [0, 0.1) is 18.6 Å². The van der Waals surface area contributed by atoms with E-state index in [1.807, 2.05) is 23.9 Å². The van der Waals surface area contributed by atoms with Gasteiger partial charge in [-0.25, -0.2) is 18.7 Å². The lowest BCUT2D eigenvalue weighted by Crippen LogP contribution is -2.25. The Kier molecular flexibility index (Phi) is 5.13. The molecule has 1 saturated heterocycles. The van der Waals surface area contributed by atoms with Gasteiger partial charge in [0.2, 0.25) is 0 Å². The molecule has 6 rings (SSSR count). The number of nitrogens with zero attached hydrogens (tertiary/aromatic N) is 5. The lowest BCUT2D eigenvalue weighted by Gasteiger charge is -2.33. The van der Waals surface area contributed by atoms with Crippen molar-refractivity contribution in [3.05, 3.63) is 71.4 Å². The summed E-state index contributed by atoms with van der Waals surface area (Å²) < 4.78 is 36.7. The molecular weight excluding hydrogens is 436 g/mol. The maximum atomic E-state index is 14.8. The lowest BCUT2D eigenvalue weighted by molar-refractivity contribution is -0.0506. The number of hydrogen-bond donors (Lipinski definition) is 0. The van der Waals surface area contributed by atoms with E-state index in [2.05, 4.69) is 28.2 Å². The fourth-order valence-corrected chi connectivity index (χ4v) is 4.87. The number of ether oxygens (including phenoxy) is 1. The van der Waals surface area contributed by atoms with Crippen molar-refractivity contribution < 1.29 is 13.5 Å². The fraction of sp³-hybridized carbons (Fsp3) is 0.385. The second-order valence-corrected chi connectivity index (χ2v) is 9.49. The van der Waals surface area contributed by atoms with Gasteiger partial charge in [-0.15, -0.1) is 0 Å². The molecule has 0 spiro atoms. The minimum absolute atomic E-state index is 0.0279. The predicted octanol–water partition coefficient (Wildman–Crippen LogP) is 5.83. The molecule has 0 amide bonds. The molecule has 3 atom stereocenters. The van der Waals surface area contributed by atoms with Crippen LogP contribution in [0.5, 0.6) is 0 Å². The van der Waals surface area contributed by atoms with Crippen molar-refractivity contribution >= 4 is 11.0 Å². The molecule has 0 bridgehead atoms. The Morgan fingerprint density at radius 1 is 1.06 bits per heavy atom. The Morgan fingerprint density at radius 3 is 2.71 bits per heavy atom. The summed E-state index contributed by atoms with van der Waals surface area (Å²) in [6.07, 6.45) is 9.46. The number of hydrogen-bond acceptors (Lipinski definition) is 5. The number of aryl methyl sites for hydroxylation is 1. The number of fused-ring (bicyclic) bond motifs is 1. The van der Waals surface area contributed by atoms with Crippen LogP contribution in [0.3, 0.4) is 0 Å². The molecular formula is C26H25F2N5O. The van der Waals surface area contributed by atoms with Crippen LogP contribution in [-0.4, -0.2) is 30.8 Å². The van der Waals surface area contributed by atoms with Crippen molar-refractivity contribution in [3.63, 3.8) is 0 Å². The normalized spacial score (nSPS) is 22.9. The Hall–Kier alpha value is -3.26. The number of rotatable bonds is 4. The summed E-state index contributed by atoms with van der Waals surface area (Å²) >= 11 is 0. The second-order valence-electron chi connectivity index (χ2n) is 9.49. The molecule has 4 aromatic rings. The van der Waals surface area contributed by atoms with E-state index in [1.165, 1.54) is 25.0 Å². The van der Waals surface area contributed by atoms with Gasteiger partial charge in [-0.2, -0.15) is 5.10 Å². The maximum Gasteiger partial charge on any atom is 0.135 e. The molecule has 2 fully saturated rings. The van der Waals surface area contributed by atoms with Gasteiger partial charge < -0.3 is 4.74 Å². The molecule has 3 aromatic heterocycles. The highest BCUT2D eigenvalue weighted by atomic mass is 19.1. The Bertz CT molecular complexity index is 1380. The van der Waals surface area contributed by atoms with Crippen LogP contribution >= 0.6 is 0 Å². The van der Waals surface area contributed by atoms with Crippen molar-refractivity contribution in [2.45, 2.75) is 63.7 Å². The van der Waals surface area contributed by atoms with Gasteiger partial charge in [-0.3, -0.25) is 9.67 Å². The highest BCUT2D eigenvalue weighted by Gasteiger charge is 2.33. The third kappa shape index (κ3) is 3.96. The van der Waals surface area contributed by atoms with Gasteiger partial charge in [0.15, 0.2) is 0 Å². The largest absolute Gasteiger partial charge is 0.370 e. The molecule has 8 heteroatoms. The molecule has 0 radical (unpaired) electrons. The molecule has 0 N–H and O–H groups in total. The highest BCUT2D eigenvalue weighted by Crippen LogP contribution is 2.42. The van der Waals surface area contributed by atoms with Gasteiger partial charge in [-0.1, -0.05) is 0 Å². The van der Waals surface area contributed by atoms with Crippen molar-refractivity contribution in [2.24, 2.45) is 0 Å². The van der Waals surface area contributed by atoms with Gasteiger partial charge in [0.05, 0.1) is 35.7 Å². The molecule has 1 saturated carbocycles. The fourth-order valence-electron chi connectivity index (χ4n) is 4.87. The van der Waals surface area contributed by atoms with E-state index in [-0.39, 0.29) is 23.7 Å². The minimum Gasteiger partial charge on any atom is -0.370 e. The topological polar surface area (TPSA) is 65.7 Å². The molecule has 2 aliphatic rings. The third-order valence-electron chi connectivity index (χ3n) is 6.70. The summed E-state index contributed by atoms with van der Waals surface area (Å²) in [6.45, 7) is 3.94. The highest BCUT2D eigenvalue weighted by molar-refractivity contribution is 5.89. The van der Waals surface area contributed by atoms with Crippen LogP contribution in [0.4, 0.5) is 8.78 Å². The smallest absolute Gasteiger partial charge is 0.135 e. The first kappa shape index (κ1) is 21.3. The van der Waals surface area contributed by atoms with Gasteiger partial charge in [0.25, 0.3) is 0 Å². The maximum absolute atomic E-state index is 14.8. The molecule has 1 aliphatic carbocycles. The van der Waals surface area contributed by atoms with E-state index in [1.54, 1.807) is 6.20 Å². The lowest BCUT2D eigenvalue weighted by atomic mass is 9.87. The van der Waals surface area contributed by atoms with Gasteiger partial charge in [0.1, 0.15) is 22.8 Å². The van der Waals surface area contributed by atoms with Crippen molar-refractivity contribution in [2.75, 3.05) is 0 Å². The zero-order valence-corrected chi connectivity index (χ0v) is 19.1. The van der Waals surface area contributed by atoms with Crippen LogP contribution in [0.15, 0.2) is 42.9 Å². The van der Waals surface area contributed by atoms with Crippen molar-refractivity contribution in [1.29, 1.82) is 0 Å². The van der Waals surface area contributed by atoms with Crippen LogP contribution in [0.2, 0.25) is 0 Å². The van der Waals surface area contributed by atoms with Crippen LogP contribution in [-0.2, 0) is 4.74 Å². The van der Waals surface area contributed by atoms with Crippen LogP contribution < -0.4 is 0 Å². The molecule has 6 nitrogen and oxygen atoms in total. The number of benzene rings is 1. The first-order valence-corrected chi connectivity index (χ1v) is 11.7. The Morgan fingerprint density at radius 2 is 1.91 bits per heavy atom. The summed E-state index contributed by atoms with van der Waals surface area (Å²) in [5.74, 6) is -1.21. The number of halogens is 2. The molecule has 0 unspecified atom stereocenters. The van der Waals surface area contributed by atoms with Crippen LogP contribution in [0.1, 0.15) is 67.6 Å². The van der Waals surface area contributed by atoms with Gasteiger partial charge in [-0.05, 0) is 57.7 Å². The van der Waals surface area contributed by atoms with Crippen molar-refractivity contribution in [3.8, 4) is 11.3 Å². The Balaban J connectivity index is 1.41. The average molecular weight is 462 g/mol. The average Bonchev–Trinajstić information content (AvgIpc) is 3.54. The zero-order chi connectivity index (χ0) is 23.4. The first-order valence-electron chi connectivity index (χ1n) is 11.7. The third-order valence-corrected chi connectivity index (χ3v) is 6.70. The monoisotopic (exact) mass is 461 g/mol. The minimum atomic E-state index is -0.668. The predicted molar refractivity (Wildman–Crippen MR) is 123 cm³/mol. The van der Waals surface area contributed by atoms with E-state index in [9.17, 15) is 8.78 Å². The van der Waals surface area contributed by atoms with E-state index >= 15 is 0 Å². The zero-order valence-electron chi connectivity index (χ0n) is 19.1. The van der Waals surface area contributed by atoms with Gasteiger partial charge >= 0.3 is 0 Å². The quantitative estimate of drug-likeness (QED) is 0.382. The van der Waals surface area contributed by atoms with Crippen LogP contribution in [0.25, 0.3) is 22.3 Å². The van der Waals surface area contributed by atoms with Gasteiger partial charge in [0, 0.05) is 41.2 Å². The molecule has 174 valence electrons. The SMILES string of the molecule is Cc1cnc2c(-c3ccc(F)cc3F)nc([C@@H]3C[C@@H](c4cnn(C5CC5)c4)O[C@@H](C)C3)cc2n1. The molecule has 34 heavy (non-hydrogen) atoms. The first-order chi connectivity index (χ1) is 16.4. The van der Waals surface area contributed by atoms with E-state index < -0.39 is 11.6 Å². The molecule has 1 aromatic carbocycles. The molecule has 1 aliphatic heterocycles. The summed E-state index contributed by atoms with van der Waals surface area (Å²) in [7, 11) is 0. The van der Waals surface area contributed by atoms with Crippen molar-refractivity contribution in [1.82, 2.24) is 24.7 Å². The summed E-state index contributed by atoms with van der Waals surface area (Å²) in [5.41, 5.74) is 4.41. The number of pyridine rings is 1. The van der Waals surface area contributed by atoms with E-state index in [4.69, 9.17) is 9.72 Å². The molecule has 4 heterocycles. The summed E-state index contributed by atoms with van der Waals surface area (Å²) in [4.78, 5) is 14.0. The summed E-state index contributed by atoms with van der Waals surface area (Å²) in [5, 5.41) is 4.53. The van der Waals surface area contributed by atoms with E-state index in [0.29, 0.717) is 22.8 Å². The number of aromatic nitrogens is 5.